The molecule has 5 aliphatic carbocycles. The number of hydrogen-bond acceptors (Lipinski definition) is 3. The molecule has 5 nitrogen and oxygen atoms in total. The molecule has 0 saturated heterocycles. The van der Waals surface area contributed by atoms with E-state index in [1.165, 1.54) is 12.8 Å². The summed E-state index contributed by atoms with van der Waals surface area (Å²) in [6, 6.07) is 10.4. The summed E-state index contributed by atoms with van der Waals surface area (Å²) in [6.45, 7) is 0. The first-order valence-corrected chi connectivity index (χ1v) is 11.8. The minimum atomic E-state index is -0.467. The molecule has 2 N–H and O–H groups in total. The normalized spacial score (nSPS) is 35.1. The zero-order valence-electron chi connectivity index (χ0n) is 17.5. The maximum absolute atomic E-state index is 13.5. The minimum absolute atomic E-state index is 0.0311. The van der Waals surface area contributed by atoms with Crippen molar-refractivity contribution in [3.8, 4) is 5.69 Å². The summed E-state index contributed by atoms with van der Waals surface area (Å²) in [4.78, 5) is 13.5. The summed E-state index contributed by atoms with van der Waals surface area (Å²) < 4.78 is 1.99. The molecule has 158 valence electrons. The van der Waals surface area contributed by atoms with Crippen molar-refractivity contribution in [2.24, 2.45) is 17.8 Å². The molecule has 2 atom stereocenters. The van der Waals surface area contributed by atoms with E-state index in [2.05, 4.69) is 22.5 Å². The maximum Gasteiger partial charge on any atom is 0.255 e. The van der Waals surface area contributed by atoms with Crippen LogP contribution in [0.3, 0.4) is 0 Å². The zero-order chi connectivity index (χ0) is 20.3. The maximum atomic E-state index is 13.5. The summed E-state index contributed by atoms with van der Waals surface area (Å²) in [7, 11) is 0. The van der Waals surface area contributed by atoms with Gasteiger partial charge in [-0.25, -0.2) is 4.68 Å². The van der Waals surface area contributed by atoms with Gasteiger partial charge in [-0.2, -0.15) is 5.10 Å². The van der Waals surface area contributed by atoms with Gasteiger partial charge < -0.3 is 10.4 Å². The quantitative estimate of drug-likeness (QED) is 0.801. The lowest BCUT2D eigenvalue weighted by molar-refractivity contribution is -0.136. The smallest absolute Gasteiger partial charge is 0.255 e. The topological polar surface area (TPSA) is 67.2 Å². The Morgan fingerprint density at radius 2 is 1.77 bits per heavy atom. The van der Waals surface area contributed by atoms with Crippen LogP contribution in [0.25, 0.3) is 5.69 Å². The van der Waals surface area contributed by atoms with Crippen LogP contribution in [0.1, 0.15) is 79.8 Å². The summed E-state index contributed by atoms with van der Waals surface area (Å²) in [6.07, 6.45) is 11.5. The first-order valence-electron chi connectivity index (χ1n) is 11.8. The molecule has 30 heavy (non-hydrogen) atoms. The summed E-state index contributed by atoms with van der Waals surface area (Å²) in [5.41, 5.74) is 2.39. The second-order valence-electron chi connectivity index (χ2n) is 10.4. The van der Waals surface area contributed by atoms with Crippen molar-refractivity contribution in [3.63, 3.8) is 0 Å². The van der Waals surface area contributed by atoms with Crippen LogP contribution >= 0.6 is 0 Å². The van der Waals surface area contributed by atoms with Crippen molar-refractivity contribution in [2.75, 3.05) is 0 Å². The molecule has 1 aromatic carbocycles. The van der Waals surface area contributed by atoms with Gasteiger partial charge in [0.05, 0.1) is 28.7 Å². The number of nitrogens with zero attached hydrogens (tertiary/aromatic N) is 2. The summed E-state index contributed by atoms with van der Waals surface area (Å²) in [5.74, 6) is 1.92. The Hall–Kier alpha value is -2.14. The minimum Gasteiger partial charge on any atom is -0.390 e. The molecule has 1 aromatic heterocycles. The van der Waals surface area contributed by atoms with Gasteiger partial charge in [-0.05, 0) is 74.8 Å². The number of nitrogens with one attached hydrogen (secondary N) is 1. The highest BCUT2D eigenvalue weighted by Gasteiger charge is 2.55. The van der Waals surface area contributed by atoms with Crippen molar-refractivity contribution in [1.82, 2.24) is 15.1 Å². The standard InChI is InChI=1S/C25H31N3O2/c29-24(27-22-18-10-16-11-19(22)14-25(30,12-16)13-18)21-15-26-28(20-8-2-1-3-9-20)23(21)17-6-4-5-7-17/h1-3,8-9,15-19,22,30H,4-7,10-14H2,(H,27,29). The lowest BCUT2D eigenvalue weighted by atomic mass is 9.52. The Bertz CT molecular complexity index is 931. The van der Waals surface area contributed by atoms with Crippen molar-refractivity contribution in [1.29, 1.82) is 0 Å². The lowest BCUT2D eigenvalue weighted by Crippen LogP contribution is -2.61. The average Bonchev–Trinajstić information content (AvgIpc) is 3.39. The monoisotopic (exact) mass is 405 g/mol. The summed E-state index contributed by atoms with van der Waals surface area (Å²) >= 11 is 0. The number of benzene rings is 1. The van der Waals surface area contributed by atoms with Crippen molar-refractivity contribution in [2.45, 2.75) is 75.3 Å². The largest absolute Gasteiger partial charge is 0.390 e. The molecule has 5 heteroatoms. The highest BCUT2D eigenvalue weighted by Crippen LogP contribution is 2.55. The molecular weight excluding hydrogens is 374 g/mol. The van der Waals surface area contributed by atoms with E-state index >= 15 is 0 Å². The number of rotatable bonds is 4. The van der Waals surface area contributed by atoms with Crippen LogP contribution in [0.5, 0.6) is 0 Å². The third kappa shape index (κ3) is 3.01. The van der Waals surface area contributed by atoms with Gasteiger partial charge in [0, 0.05) is 12.0 Å². The third-order valence-corrected chi connectivity index (χ3v) is 8.33. The first kappa shape index (κ1) is 18.6. The van der Waals surface area contributed by atoms with Gasteiger partial charge in [0.15, 0.2) is 0 Å². The van der Waals surface area contributed by atoms with E-state index in [-0.39, 0.29) is 11.9 Å². The van der Waals surface area contributed by atoms with E-state index in [1.54, 1.807) is 6.20 Å². The van der Waals surface area contributed by atoms with E-state index < -0.39 is 5.60 Å². The van der Waals surface area contributed by atoms with Crippen molar-refractivity contribution < 1.29 is 9.90 Å². The van der Waals surface area contributed by atoms with Gasteiger partial charge in [-0.1, -0.05) is 31.0 Å². The van der Waals surface area contributed by atoms with Crippen LogP contribution in [0.15, 0.2) is 36.5 Å². The van der Waals surface area contributed by atoms with Gasteiger partial charge in [-0.15, -0.1) is 0 Å². The Morgan fingerprint density at radius 1 is 1.07 bits per heavy atom. The molecule has 1 amide bonds. The van der Waals surface area contributed by atoms with E-state index in [1.807, 2.05) is 22.9 Å². The Labute approximate surface area is 177 Å². The Balaban J connectivity index is 1.30. The first-order chi connectivity index (χ1) is 14.6. The molecule has 1 heterocycles. The fourth-order valence-corrected chi connectivity index (χ4v) is 7.35. The average molecular weight is 406 g/mol. The number of aliphatic hydroxyl groups is 1. The number of carbonyl (C=O) groups excluding carboxylic acids is 1. The molecule has 0 radical (unpaired) electrons. The van der Waals surface area contributed by atoms with Gasteiger partial charge in [0.2, 0.25) is 0 Å². The SMILES string of the molecule is O=C(NC1C2CC3CC1CC(O)(C3)C2)c1cnn(-c2ccccc2)c1C1CCCC1. The second-order valence-corrected chi connectivity index (χ2v) is 10.4. The number of carbonyl (C=O) groups is 1. The van der Waals surface area contributed by atoms with Gasteiger partial charge in [-0.3, -0.25) is 4.79 Å². The van der Waals surface area contributed by atoms with Crippen molar-refractivity contribution in [3.05, 3.63) is 47.8 Å². The van der Waals surface area contributed by atoms with Crippen LogP contribution in [0.4, 0.5) is 0 Å². The number of aromatic nitrogens is 2. The molecule has 7 rings (SSSR count). The van der Waals surface area contributed by atoms with Crippen LogP contribution < -0.4 is 5.32 Å². The van der Waals surface area contributed by atoms with E-state index in [9.17, 15) is 9.90 Å². The van der Waals surface area contributed by atoms with Gasteiger partial charge >= 0.3 is 0 Å². The fourth-order valence-electron chi connectivity index (χ4n) is 7.35. The number of amides is 1. The van der Waals surface area contributed by atoms with E-state index in [0.717, 1.165) is 61.9 Å². The van der Waals surface area contributed by atoms with Crippen molar-refractivity contribution >= 4 is 5.91 Å². The molecule has 5 fully saturated rings. The van der Waals surface area contributed by atoms with Crippen LogP contribution in [-0.2, 0) is 0 Å². The molecule has 4 bridgehead atoms. The summed E-state index contributed by atoms with van der Waals surface area (Å²) in [5, 5.41) is 18.9. The Kier molecular flexibility index (Phi) is 4.31. The van der Waals surface area contributed by atoms with Crippen LogP contribution in [-0.4, -0.2) is 32.4 Å². The predicted molar refractivity (Wildman–Crippen MR) is 115 cm³/mol. The highest BCUT2D eigenvalue weighted by molar-refractivity contribution is 5.95. The highest BCUT2D eigenvalue weighted by atomic mass is 16.3. The number of para-hydroxylation sites is 1. The third-order valence-electron chi connectivity index (χ3n) is 8.33. The number of hydrogen-bond donors (Lipinski definition) is 2. The molecule has 2 unspecified atom stereocenters. The van der Waals surface area contributed by atoms with Gasteiger partial charge in [0.1, 0.15) is 0 Å². The van der Waals surface area contributed by atoms with Crippen LogP contribution in [0, 0.1) is 17.8 Å². The lowest BCUT2D eigenvalue weighted by Gasteiger charge is -2.58. The molecular formula is C25H31N3O2. The second kappa shape index (κ2) is 6.94. The molecule has 0 aliphatic heterocycles. The zero-order valence-corrected chi connectivity index (χ0v) is 17.5. The van der Waals surface area contributed by atoms with Crippen LogP contribution in [0.2, 0.25) is 0 Å². The van der Waals surface area contributed by atoms with E-state index in [4.69, 9.17) is 0 Å². The van der Waals surface area contributed by atoms with Gasteiger partial charge in [0.25, 0.3) is 5.91 Å². The fraction of sp³-hybridized carbons (Fsp3) is 0.600. The van der Waals surface area contributed by atoms with E-state index in [0.29, 0.717) is 23.7 Å². The molecule has 5 saturated carbocycles. The molecule has 2 aromatic rings. The molecule has 5 aliphatic rings. The molecule has 0 spiro atoms. The Morgan fingerprint density at radius 3 is 2.43 bits per heavy atom. The predicted octanol–water partition coefficient (Wildman–Crippen LogP) is 4.20.